The first-order valence-electron chi connectivity index (χ1n) is 7.35. The summed E-state index contributed by atoms with van der Waals surface area (Å²) in [6.45, 7) is 5.24. The lowest BCUT2D eigenvalue weighted by Gasteiger charge is -2.22. The predicted octanol–water partition coefficient (Wildman–Crippen LogP) is 2.42. The minimum absolute atomic E-state index is 0.304. The van der Waals surface area contributed by atoms with Crippen LogP contribution in [-0.4, -0.2) is 29.8 Å². The van der Waals surface area contributed by atoms with E-state index in [0.29, 0.717) is 11.9 Å². The summed E-state index contributed by atoms with van der Waals surface area (Å²) in [6.07, 6.45) is 6.18. The van der Waals surface area contributed by atoms with Crippen LogP contribution in [0, 0.1) is 0 Å². The van der Waals surface area contributed by atoms with Crippen molar-refractivity contribution in [2.75, 3.05) is 13.7 Å². The molecule has 0 aliphatic heterocycles. The molecular weight excluding hydrogens is 242 g/mol. The second-order valence-corrected chi connectivity index (χ2v) is 5.28. The first-order valence-corrected chi connectivity index (χ1v) is 7.35. The molecule has 1 aromatic heterocycles. The average molecular weight is 267 g/mol. The molecule has 1 atom stereocenters. The fourth-order valence-electron chi connectivity index (χ4n) is 2.85. The zero-order chi connectivity index (χ0) is 13.7. The Morgan fingerprint density at radius 3 is 2.68 bits per heavy atom. The Labute approximate surface area is 115 Å². The van der Waals surface area contributed by atoms with Crippen LogP contribution in [0.15, 0.2) is 4.52 Å². The molecule has 1 N–H and O–H groups in total. The smallest absolute Gasteiger partial charge is 0.228 e. The van der Waals surface area contributed by atoms with Gasteiger partial charge in [0.25, 0.3) is 0 Å². The molecule has 0 bridgehead atoms. The van der Waals surface area contributed by atoms with Crippen LogP contribution in [0.5, 0.6) is 0 Å². The van der Waals surface area contributed by atoms with E-state index in [0.717, 1.165) is 38.1 Å². The maximum absolute atomic E-state index is 5.68. The third kappa shape index (κ3) is 3.15. The Balaban J connectivity index is 2.05. The number of nitrogens with zero attached hydrogens (tertiary/aromatic N) is 2. The fraction of sp³-hybridized carbons (Fsp3) is 0.857. The summed E-state index contributed by atoms with van der Waals surface area (Å²) >= 11 is 0. The van der Waals surface area contributed by atoms with Crippen molar-refractivity contribution in [2.24, 2.45) is 0 Å². The van der Waals surface area contributed by atoms with E-state index < -0.39 is 0 Å². The number of rotatable bonds is 7. The normalized spacial score (nSPS) is 19.7. The first-order chi connectivity index (χ1) is 9.24. The van der Waals surface area contributed by atoms with E-state index in [9.17, 15) is 0 Å². The highest BCUT2D eigenvalue weighted by Crippen LogP contribution is 2.40. The van der Waals surface area contributed by atoms with E-state index in [1.165, 1.54) is 12.8 Å². The SMILES string of the molecule is CCNC(CC)Cc1nc(C2(OC)CCCC2)no1. The number of nitrogens with one attached hydrogen (secondary N) is 1. The van der Waals surface area contributed by atoms with Gasteiger partial charge in [0.05, 0.1) is 0 Å². The second kappa shape index (κ2) is 6.48. The van der Waals surface area contributed by atoms with Gasteiger partial charge in [0, 0.05) is 19.6 Å². The van der Waals surface area contributed by atoms with Gasteiger partial charge in [-0.15, -0.1) is 0 Å². The van der Waals surface area contributed by atoms with E-state index >= 15 is 0 Å². The predicted molar refractivity (Wildman–Crippen MR) is 72.9 cm³/mol. The molecule has 1 fully saturated rings. The Hall–Kier alpha value is -0.940. The van der Waals surface area contributed by atoms with Gasteiger partial charge in [0.2, 0.25) is 11.7 Å². The molecule has 0 radical (unpaired) electrons. The molecule has 2 rings (SSSR count). The van der Waals surface area contributed by atoms with Gasteiger partial charge in [0.1, 0.15) is 5.60 Å². The number of likely N-dealkylation sites (N-methyl/N-ethyl adjacent to an activating group) is 1. The van der Waals surface area contributed by atoms with Crippen molar-refractivity contribution in [1.82, 2.24) is 15.5 Å². The highest BCUT2D eigenvalue weighted by Gasteiger charge is 2.40. The molecule has 108 valence electrons. The fourth-order valence-corrected chi connectivity index (χ4v) is 2.85. The van der Waals surface area contributed by atoms with E-state index in [1.54, 1.807) is 7.11 Å². The van der Waals surface area contributed by atoms with E-state index in [4.69, 9.17) is 9.26 Å². The maximum Gasteiger partial charge on any atom is 0.228 e. The molecule has 5 nitrogen and oxygen atoms in total. The van der Waals surface area contributed by atoms with E-state index in [2.05, 4.69) is 29.3 Å². The van der Waals surface area contributed by atoms with Crippen LogP contribution in [0.2, 0.25) is 0 Å². The monoisotopic (exact) mass is 267 g/mol. The van der Waals surface area contributed by atoms with Gasteiger partial charge in [0.15, 0.2) is 0 Å². The van der Waals surface area contributed by atoms with Gasteiger partial charge in [-0.1, -0.05) is 19.0 Å². The summed E-state index contributed by atoms with van der Waals surface area (Å²) in [6, 6.07) is 0.403. The highest BCUT2D eigenvalue weighted by molar-refractivity contribution is 5.04. The van der Waals surface area contributed by atoms with Gasteiger partial charge in [-0.2, -0.15) is 4.98 Å². The molecule has 1 aliphatic rings. The van der Waals surface area contributed by atoms with Crippen molar-refractivity contribution in [2.45, 2.75) is 64.0 Å². The van der Waals surface area contributed by atoms with Crippen LogP contribution in [-0.2, 0) is 16.8 Å². The van der Waals surface area contributed by atoms with Gasteiger partial charge < -0.3 is 14.6 Å². The summed E-state index contributed by atoms with van der Waals surface area (Å²) in [4.78, 5) is 4.56. The topological polar surface area (TPSA) is 60.2 Å². The molecule has 1 saturated carbocycles. The molecule has 19 heavy (non-hydrogen) atoms. The molecule has 1 unspecified atom stereocenters. The van der Waals surface area contributed by atoms with Crippen LogP contribution in [0.4, 0.5) is 0 Å². The summed E-state index contributed by atoms with van der Waals surface area (Å²) in [5.74, 6) is 1.44. The standard InChI is InChI=1S/C14H25N3O2/c1-4-11(15-5-2)10-12-16-13(17-19-12)14(18-3)8-6-7-9-14/h11,15H,4-10H2,1-3H3. The Kier molecular flexibility index (Phi) is 4.93. The minimum atomic E-state index is -0.304. The van der Waals surface area contributed by atoms with Crippen molar-refractivity contribution < 1.29 is 9.26 Å². The van der Waals surface area contributed by atoms with E-state index in [1.807, 2.05) is 0 Å². The lowest BCUT2D eigenvalue weighted by atomic mass is 10.0. The van der Waals surface area contributed by atoms with Crippen LogP contribution >= 0.6 is 0 Å². The Bertz CT molecular complexity index is 386. The van der Waals surface area contributed by atoms with Crippen molar-refractivity contribution in [1.29, 1.82) is 0 Å². The number of methoxy groups -OCH3 is 1. The number of aromatic nitrogens is 2. The lowest BCUT2D eigenvalue weighted by molar-refractivity contribution is -0.0178. The first kappa shape index (κ1) is 14.5. The van der Waals surface area contributed by atoms with Crippen molar-refractivity contribution in [3.63, 3.8) is 0 Å². The zero-order valence-electron chi connectivity index (χ0n) is 12.2. The van der Waals surface area contributed by atoms with Crippen molar-refractivity contribution in [3.05, 3.63) is 11.7 Å². The van der Waals surface area contributed by atoms with Gasteiger partial charge in [-0.3, -0.25) is 0 Å². The molecule has 1 aromatic rings. The van der Waals surface area contributed by atoms with Gasteiger partial charge in [-0.25, -0.2) is 0 Å². The van der Waals surface area contributed by atoms with Crippen LogP contribution in [0.25, 0.3) is 0 Å². The summed E-state index contributed by atoms with van der Waals surface area (Å²) in [5, 5.41) is 7.57. The molecule has 1 heterocycles. The second-order valence-electron chi connectivity index (χ2n) is 5.28. The highest BCUT2D eigenvalue weighted by atomic mass is 16.5. The summed E-state index contributed by atoms with van der Waals surface area (Å²) < 4.78 is 11.1. The van der Waals surface area contributed by atoms with Crippen LogP contribution in [0.1, 0.15) is 57.7 Å². The van der Waals surface area contributed by atoms with Crippen molar-refractivity contribution >= 4 is 0 Å². The third-order valence-corrected chi connectivity index (χ3v) is 4.08. The minimum Gasteiger partial charge on any atom is -0.370 e. The van der Waals surface area contributed by atoms with E-state index in [-0.39, 0.29) is 5.60 Å². The number of ether oxygens (including phenoxy) is 1. The van der Waals surface area contributed by atoms with Gasteiger partial charge >= 0.3 is 0 Å². The maximum atomic E-state index is 5.68. The third-order valence-electron chi connectivity index (χ3n) is 4.08. The van der Waals surface area contributed by atoms with Crippen LogP contribution in [0.3, 0.4) is 0 Å². The van der Waals surface area contributed by atoms with Crippen LogP contribution < -0.4 is 5.32 Å². The lowest BCUT2D eigenvalue weighted by Crippen LogP contribution is -2.30. The molecule has 0 amide bonds. The number of hydrogen-bond donors (Lipinski definition) is 1. The molecular formula is C14H25N3O2. The van der Waals surface area contributed by atoms with Crippen molar-refractivity contribution in [3.8, 4) is 0 Å². The quantitative estimate of drug-likeness (QED) is 0.822. The largest absolute Gasteiger partial charge is 0.370 e. The molecule has 0 saturated heterocycles. The molecule has 5 heteroatoms. The molecule has 0 aromatic carbocycles. The number of hydrogen-bond acceptors (Lipinski definition) is 5. The Morgan fingerprint density at radius 1 is 1.37 bits per heavy atom. The molecule has 1 aliphatic carbocycles. The summed E-state index contributed by atoms with van der Waals surface area (Å²) in [5.41, 5.74) is -0.304. The average Bonchev–Trinajstić information content (AvgIpc) is 3.07. The molecule has 0 spiro atoms. The zero-order valence-corrected chi connectivity index (χ0v) is 12.2. The Morgan fingerprint density at radius 2 is 2.11 bits per heavy atom. The summed E-state index contributed by atoms with van der Waals surface area (Å²) in [7, 11) is 1.74. The van der Waals surface area contributed by atoms with Gasteiger partial charge in [-0.05, 0) is 38.6 Å².